The van der Waals surface area contributed by atoms with Crippen molar-refractivity contribution in [1.82, 2.24) is 0 Å². The summed E-state index contributed by atoms with van der Waals surface area (Å²) in [5.41, 5.74) is 4.51. The molecule has 5 N–H and O–H groups in total. The molecule has 2 unspecified atom stereocenters. The Morgan fingerprint density at radius 1 is 0.371 bits per heavy atom. The zero-order chi connectivity index (χ0) is 70.3. The molecule has 0 aliphatic heterocycles. The van der Waals surface area contributed by atoms with E-state index in [1.807, 2.05) is 0 Å². The van der Waals surface area contributed by atoms with Crippen molar-refractivity contribution < 1.29 is 57.6 Å². The summed E-state index contributed by atoms with van der Waals surface area (Å²) >= 11 is 0. The third-order valence-electron chi connectivity index (χ3n) is 18.1. The van der Waals surface area contributed by atoms with Crippen molar-refractivity contribution in [3.63, 3.8) is 0 Å². The fourth-order valence-electron chi connectivity index (χ4n) is 11.7. The van der Waals surface area contributed by atoms with Crippen molar-refractivity contribution in [2.24, 2.45) is 47.3 Å². The second-order valence-electron chi connectivity index (χ2n) is 28.2. The van der Waals surface area contributed by atoms with Crippen LogP contribution in [0.3, 0.4) is 0 Å². The Morgan fingerprint density at radius 2 is 0.629 bits per heavy atom. The predicted octanol–water partition coefficient (Wildman–Crippen LogP) is 21.8. The molecule has 6 atom stereocenters. The molecule has 5 rings (SSSR count). The van der Waals surface area contributed by atoms with Crippen LogP contribution in [-0.4, -0.2) is 47.6 Å². The number of carbonyl (C=O) groups is 4. The molecule has 0 radical (unpaired) electrons. The molecule has 5 aromatic carbocycles. The van der Waals surface area contributed by atoms with Gasteiger partial charge in [0.05, 0.1) is 36.4 Å². The van der Waals surface area contributed by atoms with E-state index in [0.717, 1.165) is 67.8 Å². The fraction of sp³-hybridized carbons (Fsp3) is 0.570. The van der Waals surface area contributed by atoms with Gasteiger partial charge in [0, 0.05) is 22.7 Å². The van der Waals surface area contributed by atoms with E-state index in [9.17, 15) is 34.4 Å². The van der Waals surface area contributed by atoms with Crippen molar-refractivity contribution in [2.45, 2.75) is 231 Å². The molecule has 0 fully saturated rings. The normalized spacial score (nSPS) is 13.2. The zero-order valence-electron chi connectivity index (χ0n) is 59.9. The molecule has 0 spiro atoms. The number of hydrogen-bond acceptors (Lipinski definition) is 13. The van der Waals surface area contributed by atoms with E-state index in [1.165, 1.54) is 96.0 Å². The Hall–Kier alpha value is -7.86. The number of anilines is 4. The Bertz CT molecular complexity index is 3070. The van der Waals surface area contributed by atoms with Crippen molar-refractivity contribution in [3.8, 4) is 11.5 Å². The molecule has 0 heterocycles. The van der Waals surface area contributed by atoms with Gasteiger partial charge in [0.25, 0.3) is 5.69 Å². The zero-order valence-corrected chi connectivity index (χ0v) is 59.9. The highest BCUT2D eigenvalue weighted by Crippen LogP contribution is 2.37. The quantitative estimate of drug-likeness (QED) is 0.0139. The Balaban J connectivity index is 1.05. The van der Waals surface area contributed by atoms with Crippen LogP contribution in [0.4, 0.5) is 47.6 Å². The van der Waals surface area contributed by atoms with Crippen LogP contribution in [0.1, 0.15) is 225 Å². The number of hydrogen-bond donors (Lipinski definition) is 5. The summed E-state index contributed by atoms with van der Waals surface area (Å²) < 4.78 is 34.4. The number of amides is 4. The van der Waals surface area contributed by atoms with Crippen molar-refractivity contribution in [3.05, 3.63) is 147 Å². The highest BCUT2D eigenvalue weighted by atomic mass is 16.6. The third-order valence-corrected chi connectivity index (χ3v) is 18.1. The van der Waals surface area contributed by atoms with Crippen LogP contribution >= 0.6 is 0 Å². The van der Waals surface area contributed by atoms with Crippen LogP contribution in [0.15, 0.2) is 109 Å². The van der Waals surface area contributed by atoms with Crippen LogP contribution in [0.2, 0.25) is 0 Å². The van der Waals surface area contributed by atoms with E-state index in [1.54, 1.807) is 103 Å². The minimum Gasteiger partial charge on any atom is -0.490 e. The molecule has 0 saturated carbocycles. The average molecular weight is 1340 g/mol. The molecule has 18 heteroatoms. The highest BCUT2D eigenvalue weighted by molar-refractivity contribution is 5.86. The lowest BCUT2D eigenvalue weighted by Gasteiger charge is -2.18. The summed E-state index contributed by atoms with van der Waals surface area (Å²) in [5, 5.41) is 32.4. The van der Waals surface area contributed by atoms with E-state index in [4.69, 9.17) is 28.4 Å². The molecule has 534 valence electrons. The van der Waals surface area contributed by atoms with E-state index < -0.39 is 35.9 Å². The molecule has 0 saturated heterocycles. The van der Waals surface area contributed by atoms with Crippen molar-refractivity contribution in [1.29, 1.82) is 0 Å². The first-order valence-electron chi connectivity index (χ1n) is 35.9. The van der Waals surface area contributed by atoms with E-state index in [-0.39, 0.29) is 37.7 Å². The summed E-state index contributed by atoms with van der Waals surface area (Å²) in [7, 11) is 0. The van der Waals surface area contributed by atoms with Crippen LogP contribution in [-0.2, 0) is 52.0 Å². The molecular weight excluding hydrogens is 1230 g/mol. The minimum atomic E-state index is -0.819. The smallest absolute Gasteiger partial charge is 0.411 e. The van der Waals surface area contributed by atoms with Crippen LogP contribution in [0, 0.1) is 57.5 Å². The molecule has 97 heavy (non-hydrogen) atoms. The standard InChI is InChI=1S/C79H115N5O13/c1-56(2)17-11-19-58(5)21-13-23-60(7)25-15-27-62(9)45-47-92-74-49-68(73(84(90)91)50-75(74)93-48-46-63(10)28-16-26-61(8)24-14-22-59(6)20-12-18-57(3)4)55-97-79(89)83-72-43-35-67(36-44-72)54-96-78(88)82-71-41-33-66(34-42-71)53-95-77(87)81-70-39-31-65(32-40-70)52-94-76(86)80-69-37-29-64(51-85)30-38-69/h29-44,49-50,56-63,85H,11-28,45-48,51-55H2,1-10H3,(H,80,86)(H,81,87)(H,82,88)(H,83,89)/t58-,59-,60-,61-,62?,63?/m1/s1. The first-order valence-corrected chi connectivity index (χ1v) is 35.9. The maximum absolute atomic E-state index is 13.2. The molecule has 0 aliphatic rings. The number of carbonyl (C=O) groups excluding carboxylic acids is 4. The molecule has 0 aromatic heterocycles. The number of nitro benzene ring substituents is 1. The first kappa shape index (κ1) is 79.8. The van der Waals surface area contributed by atoms with Gasteiger partial charge in [0.2, 0.25) is 0 Å². The SMILES string of the molecule is CC(C)CCC[C@@H](C)CCC[C@@H](C)CCCC(C)CCOc1cc(COC(=O)Nc2ccc(COC(=O)Nc3ccc(COC(=O)Nc4ccc(COC(=O)Nc5ccc(CO)cc5)cc4)cc3)cc2)c([N+](=O)[O-])cc1OCCC(C)CCC[C@H](C)CCC[C@H](C)CCCC(C)C. The van der Waals surface area contributed by atoms with Gasteiger partial charge >= 0.3 is 24.4 Å². The lowest BCUT2D eigenvalue weighted by atomic mass is 9.91. The Kier molecular flexibility index (Phi) is 36.9. The van der Waals surface area contributed by atoms with Gasteiger partial charge in [-0.25, -0.2) is 19.2 Å². The van der Waals surface area contributed by atoms with Crippen molar-refractivity contribution in [2.75, 3.05) is 34.5 Å². The molecule has 4 amide bonds. The highest BCUT2D eigenvalue weighted by Gasteiger charge is 2.23. The van der Waals surface area contributed by atoms with Crippen molar-refractivity contribution >= 4 is 52.8 Å². The summed E-state index contributed by atoms with van der Waals surface area (Å²) in [6.45, 7) is 23.5. The monoisotopic (exact) mass is 1340 g/mol. The summed E-state index contributed by atoms with van der Waals surface area (Å²) in [6.07, 6.45) is 21.4. The third kappa shape index (κ3) is 34.3. The van der Waals surface area contributed by atoms with Gasteiger partial charge in [-0.15, -0.1) is 0 Å². The number of nitro groups is 1. The summed E-state index contributed by atoms with van der Waals surface area (Å²) in [4.78, 5) is 62.8. The number of aliphatic hydroxyl groups excluding tert-OH is 1. The van der Waals surface area contributed by atoms with Gasteiger partial charge in [-0.1, -0.05) is 233 Å². The molecule has 0 aliphatic carbocycles. The van der Waals surface area contributed by atoms with Gasteiger partial charge < -0.3 is 33.5 Å². The lowest BCUT2D eigenvalue weighted by Crippen LogP contribution is -2.15. The maximum Gasteiger partial charge on any atom is 0.411 e. The van der Waals surface area contributed by atoms with Gasteiger partial charge in [-0.3, -0.25) is 31.4 Å². The van der Waals surface area contributed by atoms with E-state index in [2.05, 4.69) is 90.5 Å². The van der Waals surface area contributed by atoms with Gasteiger partial charge in [-0.05, 0) is 137 Å². The van der Waals surface area contributed by atoms with E-state index in [0.29, 0.717) is 87.8 Å². The van der Waals surface area contributed by atoms with Gasteiger partial charge in [0.15, 0.2) is 11.5 Å². The number of aliphatic hydroxyl groups is 1. The summed E-state index contributed by atoms with van der Waals surface area (Å²) in [6, 6.07) is 29.7. The van der Waals surface area contributed by atoms with Crippen LogP contribution in [0.25, 0.3) is 0 Å². The first-order chi connectivity index (χ1) is 46.6. The predicted molar refractivity (Wildman–Crippen MR) is 388 cm³/mol. The number of nitrogens with zero attached hydrogens (tertiary/aromatic N) is 1. The fourth-order valence-corrected chi connectivity index (χ4v) is 11.7. The Morgan fingerprint density at radius 3 is 0.907 bits per heavy atom. The minimum absolute atomic E-state index is 0.00516. The number of nitrogens with one attached hydrogen (secondary N) is 4. The lowest BCUT2D eigenvalue weighted by molar-refractivity contribution is -0.385. The van der Waals surface area contributed by atoms with Crippen LogP contribution in [0.5, 0.6) is 11.5 Å². The maximum atomic E-state index is 13.2. The largest absolute Gasteiger partial charge is 0.490 e. The number of ether oxygens (including phenoxy) is 6. The second-order valence-corrected chi connectivity index (χ2v) is 28.2. The molecular formula is C79H115N5O13. The number of benzene rings is 5. The summed E-state index contributed by atoms with van der Waals surface area (Å²) in [5.74, 6) is 6.07. The van der Waals surface area contributed by atoms with Crippen LogP contribution < -0.4 is 30.7 Å². The molecule has 18 nitrogen and oxygen atoms in total. The number of rotatable bonds is 46. The van der Waals surface area contributed by atoms with Gasteiger partial charge in [0.1, 0.15) is 26.4 Å². The average Bonchev–Trinajstić information content (AvgIpc) is 0.825. The van der Waals surface area contributed by atoms with Gasteiger partial charge in [-0.2, -0.15) is 0 Å². The second kappa shape index (κ2) is 44.9. The Labute approximate surface area is 579 Å². The molecule has 5 aromatic rings. The molecule has 0 bridgehead atoms. The topological polar surface area (TPSA) is 235 Å². The van der Waals surface area contributed by atoms with E-state index >= 15 is 0 Å².